The molecular weight excluding hydrogens is 360 g/mol. The molecule has 0 radical (unpaired) electrons. The number of carbonyl (C=O) groups is 1. The van der Waals surface area contributed by atoms with Gasteiger partial charge >= 0.3 is 5.97 Å². The van der Waals surface area contributed by atoms with Gasteiger partial charge in [-0.3, -0.25) is 4.79 Å². The first-order valence-corrected chi connectivity index (χ1v) is 10.2. The van der Waals surface area contributed by atoms with Crippen molar-refractivity contribution in [2.45, 2.75) is 31.5 Å². The Balaban J connectivity index is 1.60. The summed E-state index contributed by atoms with van der Waals surface area (Å²) in [4.78, 5) is 16.3. The van der Waals surface area contributed by atoms with Crippen molar-refractivity contribution in [3.8, 4) is 5.75 Å². The largest absolute Gasteiger partial charge is 0.493 e. The van der Waals surface area contributed by atoms with Crippen LogP contribution < -0.4 is 4.74 Å². The molecule has 5 nitrogen and oxygen atoms in total. The Morgan fingerprint density at radius 1 is 1.11 bits per heavy atom. The van der Waals surface area contributed by atoms with E-state index in [-0.39, 0.29) is 5.97 Å². The zero-order valence-corrected chi connectivity index (χ0v) is 16.3. The first-order chi connectivity index (χ1) is 13.3. The number of aromatic nitrogens is 2. The van der Waals surface area contributed by atoms with E-state index in [1.54, 1.807) is 11.8 Å². The van der Waals surface area contributed by atoms with Crippen LogP contribution in [0.25, 0.3) is 11.0 Å². The molecule has 0 spiro atoms. The van der Waals surface area contributed by atoms with E-state index in [0.29, 0.717) is 19.6 Å². The fourth-order valence-corrected chi connectivity index (χ4v) is 3.66. The molecule has 27 heavy (non-hydrogen) atoms. The normalized spacial score (nSPS) is 10.9. The Hall–Kier alpha value is -2.47. The highest BCUT2D eigenvalue weighted by atomic mass is 32.2. The summed E-state index contributed by atoms with van der Waals surface area (Å²) in [5, 5.41) is 0.955. The molecule has 0 aliphatic heterocycles. The second-order valence-electron chi connectivity index (χ2n) is 5.95. The number of thioether (sulfide) groups is 1. The molecule has 0 saturated heterocycles. The molecule has 0 amide bonds. The Morgan fingerprint density at radius 2 is 1.89 bits per heavy atom. The van der Waals surface area contributed by atoms with E-state index in [1.165, 1.54) is 0 Å². The number of fused-ring (bicyclic) bond motifs is 1. The molecule has 0 saturated carbocycles. The number of hydrogen-bond acceptors (Lipinski definition) is 5. The predicted octanol–water partition coefficient (Wildman–Crippen LogP) is 4.55. The topological polar surface area (TPSA) is 53.4 Å². The lowest BCUT2D eigenvalue weighted by atomic mass is 10.3. The number of para-hydroxylation sites is 3. The van der Waals surface area contributed by atoms with Crippen molar-refractivity contribution in [1.82, 2.24) is 9.55 Å². The smallest absolute Gasteiger partial charge is 0.305 e. The summed E-state index contributed by atoms with van der Waals surface area (Å²) < 4.78 is 13.0. The summed E-state index contributed by atoms with van der Waals surface area (Å²) in [5.41, 5.74) is 2.06. The second kappa shape index (κ2) is 10.0. The lowest BCUT2D eigenvalue weighted by molar-refractivity contribution is -0.143. The van der Waals surface area contributed by atoms with Gasteiger partial charge in [-0.25, -0.2) is 4.98 Å². The molecule has 2 aromatic carbocycles. The molecule has 6 heteroatoms. The maximum atomic E-state index is 11.6. The molecule has 142 valence electrons. The van der Waals surface area contributed by atoms with Gasteiger partial charge in [0.15, 0.2) is 5.16 Å². The molecule has 0 unspecified atom stereocenters. The van der Waals surface area contributed by atoms with Gasteiger partial charge in [-0.2, -0.15) is 0 Å². The third-order valence-corrected chi connectivity index (χ3v) is 4.95. The number of imidazole rings is 1. The molecule has 0 fully saturated rings. The van der Waals surface area contributed by atoms with E-state index in [2.05, 4.69) is 10.6 Å². The molecule has 0 bridgehead atoms. The van der Waals surface area contributed by atoms with Crippen LogP contribution in [-0.4, -0.2) is 34.5 Å². The van der Waals surface area contributed by atoms with Crippen molar-refractivity contribution < 1.29 is 14.3 Å². The zero-order chi connectivity index (χ0) is 18.9. The highest BCUT2D eigenvalue weighted by Crippen LogP contribution is 2.25. The van der Waals surface area contributed by atoms with Crippen LogP contribution >= 0.6 is 11.8 Å². The lowest BCUT2D eigenvalue weighted by Gasteiger charge is -2.09. The quantitative estimate of drug-likeness (QED) is 0.292. The minimum atomic E-state index is -0.146. The number of rotatable bonds is 10. The van der Waals surface area contributed by atoms with Crippen LogP contribution in [0.4, 0.5) is 0 Å². The number of benzene rings is 2. The van der Waals surface area contributed by atoms with Crippen molar-refractivity contribution in [3.05, 3.63) is 54.6 Å². The fraction of sp³-hybridized carbons (Fsp3) is 0.333. The SMILES string of the molecule is CCOC(=O)CCCn1c(SCCOc2ccccc2)nc2ccccc21. The summed E-state index contributed by atoms with van der Waals surface area (Å²) in [6, 6.07) is 17.9. The molecule has 0 N–H and O–H groups in total. The van der Waals surface area contributed by atoms with E-state index < -0.39 is 0 Å². The van der Waals surface area contributed by atoms with Crippen molar-refractivity contribution in [2.75, 3.05) is 19.0 Å². The summed E-state index contributed by atoms with van der Waals surface area (Å²) in [5.74, 6) is 1.53. The summed E-state index contributed by atoms with van der Waals surface area (Å²) in [7, 11) is 0. The minimum absolute atomic E-state index is 0.146. The minimum Gasteiger partial charge on any atom is -0.493 e. The van der Waals surface area contributed by atoms with Crippen molar-refractivity contribution in [3.63, 3.8) is 0 Å². The average molecular weight is 385 g/mol. The molecule has 0 aliphatic carbocycles. The predicted molar refractivity (Wildman–Crippen MR) is 108 cm³/mol. The Morgan fingerprint density at radius 3 is 2.70 bits per heavy atom. The second-order valence-corrected chi connectivity index (χ2v) is 7.02. The summed E-state index contributed by atoms with van der Waals surface area (Å²) in [6.45, 7) is 3.60. The van der Waals surface area contributed by atoms with Crippen LogP contribution in [0.15, 0.2) is 59.8 Å². The van der Waals surface area contributed by atoms with Gasteiger partial charge in [0.25, 0.3) is 0 Å². The van der Waals surface area contributed by atoms with Gasteiger partial charge in [0.1, 0.15) is 5.75 Å². The lowest BCUT2D eigenvalue weighted by Crippen LogP contribution is -2.07. The van der Waals surface area contributed by atoms with E-state index in [1.807, 2.05) is 55.5 Å². The molecule has 0 aliphatic rings. The first kappa shape index (κ1) is 19.3. The fourth-order valence-electron chi connectivity index (χ4n) is 2.80. The summed E-state index contributed by atoms with van der Waals surface area (Å²) in [6.07, 6.45) is 1.15. The number of esters is 1. The Labute approximate surface area is 163 Å². The van der Waals surface area contributed by atoms with E-state index >= 15 is 0 Å². The number of nitrogens with zero attached hydrogens (tertiary/aromatic N) is 2. The standard InChI is InChI=1S/C21H24N2O3S/c1-2-25-20(24)13-8-14-23-19-12-7-6-11-18(19)22-21(23)27-16-15-26-17-9-4-3-5-10-17/h3-7,9-12H,2,8,13-16H2,1H3. The molecule has 1 heterocycles. The highest BCUT2D eigenvalue weighted by Gasteiger charge is 2.12. The zero-order valence-electron chi connectivity index (χ0n) is 15.5. The van der Waals surface area contributed by atoms with Crippen LogP contribution in [0.5, 0.6) is 5.75 Å². The first-order valence-electron chi connectivity index (χ1n) is 9.19. The number of ether oxygens (including phenoxy) is 2. The Kier molecular flexibility index (Phi) is 7.16. The van der Waals surface area contributed by atoms with Crippen LogP contribution in [-0.2, 0) is 16.1 Å². The van der Waals surface area contributed by atoms with Gasteiger partial charge < -0.3 is 14.0 Å². The molecular formula is C21H24N2O3S. The van der Waals surface area contributed by atoms with Gasteiger partial charge in [-0.05, 0) is 37.6 Å². The van der Waals surface area contributed by atoms with Gasteiger partial charge in [0.2, 0.25) is 0 Å². The maximum absolute atomic E-state index is 11.6. The molecule has 3 aromatic rings. The summed E-state index contributed by atoms with van der Waals surface area (Å²) >= 11 is 1.67. The third-order valence-electron chi connectivity index (χ3n) is 4.01. The van der Waals surface area contributed by atoms with Crippen molar-refractivity contribution >= 4 is 28.8 Å². The van der Waals surface area contributed by atoms with Crippen LogP contribution in [0.1, 0.15) is 19.8 Å². The monoisotopic (exact) mass is 384 g/mol. The third kappa shape index (κ3) is 5.50. The molecule has 3 rings (SSSR count). The van der Waals surface area contributed by atoms with E-state index in [0.717, 1.165) is 40.7 Å². The van der Waals surface area contributed by atoms with Crippen molar-refractivity contribution in [2.24, 2.45) is 0 Å². The number of carbonyl (C=O) groups excluding carboxylic acids is 1. The van der Waals surface area contributed by atoms with Crippen LogP contribution in [0, 0.1) is 0 Å². The van der Waals surface area contributed by atoms with Gasteiger partial charge in [0, 0.05) is 18.7 Å². The van der Waals surface area contributed by atoms with E-state index in [9.17, 15) is 4.79 Å². The van der Waals surface area contributed by atoms with Crippen molar-refractivity contribution in [1.29, 1.82) is 0 Å². The van der Waals surface area contributed by atoms with Gasteiger partial charge in [-0.1, -0.05) is 42.1 Å². The average Bonchev–Trinajstić information content (AvgIpc) is 3.04. The van der Waals surface area contributed by atoms with E-state index in [4.69, 9.17) is 14.5 Å². The van der Waals surface area contributed by atoms with Gasteiger partial charge in [-0.15, -0.1) is 0 Å². The van der Waals surface area contributed by atoms with Crippen LogP contribution in [0.2, 0.25) is 0 Å². The molecule has 0 atom stereocenters. The molecule has 1 aromatic heterocycles. The van der Waals surface area contributed by atoms with Crippen LogP contribution in [0.3, 0.4) is 0 Å². The number of hydrogen-bond donors (Lipinski definition) is 0. The van der Waals surface area contributed by atoms with Gasteiger partial charge in [0.05, 0.1) is 24.2 Å². The maximum Gasteiger partial charge on any atom is 0.305 e. The number of aryl methyl sites for hydroxylation is 1. The highest BCUT2D eigenvalue weighted by molar-refractivity contribution is 7.99. The Bertz CT molecular complexity index is 864.